The van der Waals surface area contributed by atoms with Gasteiger partial charge in [0.2, 0.25) is 0 Å². The largest absolute Gasteiger partial charge is 0.459 e. The average molecular weight is 599 g/mol. The van der Waals surface area contributed by atoms with Gasteiger partial charge in [0.1, 0.15) is 0 Å². The number of nitro benzene ring substituents is 1. The number of hydrogen-bond donors (Lipinski definition) is 2. The van der Waals surface area contributed by atoms with Crippen LogP contribution < -0.4 is 20.4 Å². The van der Waals surface area contributed by atoms with Crippen molar-refractivity contribution in [3.05, 3.63) is 81.3 Å². The number of morpholine rings is 1. The summed E-state index contributed by atoms with van der Waals surface area (Å²) in [6.45, 7) is 4.35. The van der Waals surface area contributed by atoms with Crippen LogP contribution >= 0.6 is 23.8 Å². The molecule has 14 heteroatoms. The molecule has 2 amide bonds. The number of thiocarbonyl (C=S) groups is 1. The van der Waals surface area contributed by atoms with E-state index in [1.54, 1.807) is 35.2 Å². The summed E-state index contributed by atoms with van der Waals surface area (Å²) < 4.78 is 10.6. The molecule has 2 aliphatic heterocycles. The molecular weight excluding hydrogens is 572 g/mol. The van der Waals surface area contributed by atoms with Crippen molar-refractivity contribution < 1.29 is 23.7 Å². The van der Waals surface area contributed by atoms with E-state index in [9.17, 15) is 19.7 Å². The van der Waals surface area contributed by atoms with Crippen molar-refractivity contribution in [2.24, 2.45) is 0 Å². The monoisotopic (exact) mass is 598 g/mol. The molecule has 3 aromatic rings. The zero-order chi connectivity index (χ0) is 28.9. The van der Waals surface area contributed by atoms with Crippen molar-refractivity contribution in [2.45, 2.75) is 0 Å². The smallest absolute Gasteiger partial charge is 0.289 e. The lowest BCUT2D eigenvalue weighted by molar-refractivity contribution is -0.384. The summed E-state index contributed by atoms with van der Waals surface area (Å²) in [4.78, 5) is 42.3. The lowest BCUT2D eigenvalue weighted by atomic mass is 10.1. The molecule has 5 rings (SSSR count). The fourth-order valence-electron chi connectivity index (χ4n) is 4.78. The van der Waals surface area contributed by atoms with Gasteiger partial charge in [0.25, 0.3) is 17.5 Å². The van der Waals surface area contributed by atoms with E-state index in [4.69, 9.17) is 33.0 Å². The van der Waals surface area contributed by atoms with Crippen molar-refractivity contribution in [1.82, 2.24) is 10.2 Å². The van der Waals surface area contributed by atoms with Gasteiger partial charge < -0.3 is 29.2 Å². The Labute approximate surface area is 245 Å². The first-order valence-electron chi connectivity index (χ1n) is 12.9. The zero-order valence-corrected chi connectivity index (χ0v) is 23.4. The number of anilines is 3. The summed E-state index contributed by atoms with van der Waals surface area (Å²) in [5, 5.41) is 17.4. The second kappa shape index (κ2) is 12.5. The number of ether oxygens (including phenoxy) is 1. The third-order valence-electron chi connectivity index (χ3n) is 6.86. The molecule has 12 nitrogen and oxygen atoms in total. The van der Waals surface area contributed by atoms with E-state index >= 15 is 0 Å². The highest BCUT2D eigenvalue weighted by atomic mass is 35.5. The molecule has 0 radical (unpaired) electrons. The topological polar surface area (TPSA) is 133 Å². The number of rotatable bonds is 6. The SMILES string of the molecule is O=C(NC(=S)Nc1ccc(N2CCN(C(=O)c3ccco3)CC2)c(Cl)c1)c1cc([N+](=O)[O-])ccc1N1CCOCC1. The lowest BCUT2D eigenvalue weighted by Gasteiger charge is -2.36. The van der Waals surface area contributed by atoms with E-state index in [1.807, 2.05) is 11.0 Å². The van der Waals surface area contributed by atoms with Crippen molar-refractivity contribution in [3.8, 4) is 0 Å². The number of halogens is 1. The van der Waals surface area contributed by atoms with Crippen molar-refractivity contribution in [3.63, 3.8) is 0 Å². The normalized spacial score (nSPS) is 15.4. The first-order valence-corrected chi connectivity index (χ1v) is 13.7. The average Bonchev–Trinajstić information content (AvgIpc) is 3.52. The van der Waals surface area contributed by atoms with Gasteiger partial charge >= 0.3 is 0 Å². The molecule has 214 valence electrons. The molecule has 0 atom stereocenters. The second-order valence-electron chi connectivity index (χ2n) is 9.39. The van der Waals surface area contributed by atoms with Gasteiger partial charge in [-0.15, -0.1) is 0 Å². The predicted octanol–water partition coefficient (Wildman–Crippen LogP) is 3.77. The Bertz CT molecular complexity index is 1450. The van der Waals surface area contributed by atoms with Gasteiger partial charge in [0, 0.05) is 57.1 Å². The van der Waals surface area contributed by atoms with Gasteiger partial charge in [0.15, 0.2) is 10.9 Å². The second-order valence-corrected chi connectivity index (χ2v) is 10.2. The fraction of sp³-hybridized carbons (Fsp3) is 0.296. The minimum absolute atomic E-state index is 0.0169. The van der Waals surface area contributed by atoms with Crippen molar-refractivity contribution in [2.75, 3.05) is 67.6 Å². The third-order valence-corrected chi connectivity index (χ3v) is 7.37. The number of carbonyl (C=O) groups is 2. The van der Waals surface area contributed by atoms with E-state index in [1.165, 1.54) is 18.4 Å². The Morgan fingerprint density at radius 1 is 0.951 bits per heavy atom. The summed E-state index contributed by atoms with van der Waals surface area (Å²) >= 11 is 12.0. The van der Waals surface area contributed by atoms with Crippen LogP contribution in [0.25, 0.3) is 0 Å². The number of furan rings is 1. The van der Waals surface area contributed by atoms with Crippen LogP contribution in [0, 0.1) is 10.1 Å². The fourth-order valence-corrected chi connectivity index (χ4v) is 5.29. The van der Waals surface area contributed by atoms with Gasteiger partial charge in [-0.2, -0.15) is 0 Å². The van der Waals surface area contributed by atoms with E-state index in [2.05, 4.69) is 15.5 Å². The number of nitrogens with one attached hydrogen (secondary N) is 2. The highest BCUT2D eigenvalue weighted by Gasteiger charge is 2.25. The first-order chi connectivity index (χ1) is 19.8. The minimum atomic E-state index is -0.572. The number of non-ortho nitro benzene ring substituents is 1. The van der Waals surface area contributed by atoms with Crippen LogP contribution in [0.4, 0.5) is 22.7 Å². The Morgan fingerprint density at radius 3 is 2.32 bits per heavy atom. The number of carbonyl (C=O) groups excluding carboxylic acids is 2. The molecule has 2 saturated heterocycles. The van der Waals surface area contributed by atoms with Crippen LogP contribution in [0.5, 0.6) is 0 Å². The van der Waals surface area contributed by atoms with Crippen LogP contribution in [-0.2, 0) is 4.74 Å². The first kappa shape index (κ1) is 28.3. The molecule has 0 bridgehead atoms. The van der Waals surface area contributed by atoms with Crippen molar-refractivity contribution >= 4 is 63.5 Å². The van der Waals surface area contributed by atoms with Gasteiger partial charge in [-0.3, -0.25) is 25.0 Å². The van der Waals surface area contributed by atoms with Crippen LogP contribution in [0.1, 0.15) is 20.9 Å². The lowest BCUT2D eigenvalue weighted by Crippen LogP contribution is -2.48. The quantitative estimate of drug-likeness (QED) is 0.245. The maximum Gasteiger partial charge on any atom is 0.289 e. The summed E-state index contributed by atoms with van der Waals surface area (Å²) in [7, 11) is 0. The molecule has 1 aromatic heterocycles. The number of hydrogen-bond acceptors (Lipinski definition) is 9. The van der Waals surface area contributed by atoms with Crippen molar-refractivity contribution in [1.29, 1.82) is 0 Å². The van der Waals surface area contributed by atoms with Crippen LogP contribution in [-0.4, -0.2) is 79.2 Å². The minimum Gasteiger partial charge on any atom is -0.459 e. The van der Waals surface area contributed by atoms with Gasteiger partial charge in [-0.25, -0.2) is 0 Å². The molecule has 2 aliphatic rings. The molecule has 0 unspecified atom stereocenters. The molecular formula is C27H27ClN6O6S. The Kier molecular flexibility index (Phi) is 8.67. The van der Waals surface area contributed by atoms with E-state index in [-0.39, 0.29) is 22.3 Å². The summed E-state index contributed by atoms with van der Waals surface area (Å²) in [5.41, 5.74) is 1.88. The zero-order valence-electron chi connectivity index (χ0n) is 21.9. The third kappa shape index (κ3) is 6.59. The van der Waals surface area contributed by atoms with E-state index in [0.29, 0.717) is 74.6 Å². The molecule has 3 heterocycles. The van der Waals surface area contributed by atoms with Gasteiger partial charge in [-0.05, 0) is 48.6 Å². The summed E-state index contributed by atoms with van der Waals surface area (Å²) in [5.74, 6) is -0.395. The summed E-state index contributed by atoms with van der Waals surface area (Å²) in [6, 6.07) is 12.9. The van der Waals surface area contributed by atoms with Gasteiger partial charge in [-0.1, -0.05) is 11.6 Å². The molecule has 2 aromatic carbocycles. The highest BCUT2D eigenvalue weighted by Crippen LogP contribution is 2.30. The summed E-state index contributed by atoms with van der Waals surface area (Å²) in [6.07, 6.45) is 1.48. The van der Waals surface area contributed by atoms with Gasteiger partial charge in [0.05, 0.1) is 46.4 Å². The number of nitro groups is 1. The molecule has 0 aliphatic carbocycles. The Balaban J connectivity index is 1.21. The molecule has 41 heavy (non-hydrogen) atoms. The number of amides is 2. The molecule has 2 N–H and O–H groups in total. The Morgan fingerprint density at radius 2 is 1.66 bits per heavy atom. The number of benzene rings is 2. The highest BCUT2D eigenvalue weighted by molar-refractivity contribution is 7.80. The number of piperazine rings is 1. The predicted molar refractivity (Wildman–Crippen MR) is 158 cm³/mol. The maximum absolute atomic E-state index is 13.2. The van der Waals surface area contributed by atoms with E-state index in [0.717, 1.165) is 5.69 Å². The van der Waals surface area contributed by atoms with E-state index < -0.39 is 10.8 Å². The molecule has 0 saturated carbocycles. The molecule has 2 fully saturated rings. The number of nitrogens with zero attached hydrogens (tertiary/aromatic N) is 4. The van der Waals surface area contributed by atoms with Crippen LogP contribution in [0.2, 0.25) is 5.02 Å². The Hall–Kier alpha value is -4.20. The maximum atomic E-state index is 13.2. The van der Waals surface area contributed by atoms with Crippen LogP contribution in [0.3, 0.4) is 0 Å². The standard InChI is InChI=1S/C27H27ClN6O6S/c28-21-16-18(3-5-23(21)31-7-9-33(10-8-31)26(36)24-2-1-13-40-24)29-27(41)30-25(35)20-17-19(34(37)38)4-6-22(20)32-11-14-39-15-12-32/h1-6,13,16-17H,7-12,14-15H2,(H2,29,30,35,41). The van der Waals surface area contributed by atoms with Crippen LogP contribution in [0.15, 0.2) is 59.2 Å². The molecule has 0 spiro atoms.